The van der Waals surface area contributed by atoms with Crippen molar-refractivity contribution in [3.63, 3.8) is 0 Å². The number of hydrogen-bond donors (Lipinski definition) is 1. The summed E-state index contributed by atoms with van der Waals surface area (Å²) in [6.07, 6.45) is 0.128. The first-order valence-corrected chi connectivity index (χ1v) is 8.38. The number of aromatic nitrogens is 2. The fraction of sp³-hybridized carbons (Fsp3) is 0.389. The van der Waals surface area contributed by atoms with E-state index >= 15 is 0 Å². The summed E-state index contributed by atoms with van der Waals surface area (Å²) in [6, 6.07) is 5.39. The quantitative estimate of drug-likeness (QED) is 0.820. The highest BCUT2D eigenvalue weighted by Gasteiger charge is 2.23. The Morgan fingerprint density at radius 2 is 2.00 bits per heavy atom. The first-order valence-electron chi connectivity index (χ1n) is 8.38. The lowest BCUT2D eigenvalue weighted by Gasteiger charge is -2.18. The Kier molecular flexibility index (Phi) is 5.11. The van der Waals surface area contributed by atoms with Gasteiger partial charge in [0.15, 0.2) is 11.5 Å². The lowest BCUT2D eigenvalue weighted by atomic mass is 10.1. The summed E-state index contributed by atoms with van der Waals surface area (Å²) < 4.78 is 17.5. The lowest BCUT2D eigenvalue weighted by Crippen LogP contribution is -2.20. The van der Waals surface area contributed by atoms with Crippen LogP contribution >= 0.6 is 0 Å². The highest BCUT2D eigenvalue weighted by Crippen LogP contribution is 2.31. The number of ether oxygens (including phenoxy) is 3. The van der Waals surface area contributed by atoms with E-state index in [9.17, 15) is 9.59 Å². The van der Waals surface area contributed by atoms with Crippen LogP contribution < -0.4 is 14.8 Å². The molecule has 2 aromatic rings. The first kappa shape index (κ1) is 17.8. The standard InChI is InChI=1S/C18H21N3O5/c1-4-24-18(23)16-11(2)20-21(3)17(16)19-15(22)10-12-5-6-13-14(9-12)26-8-7-25-13/h5-6,9H,4,7-8,10H2,1-3H3,(H,19,22). The number of nitrogens with zero attached hydrogens (tertiary/aromatic N) is 2. The number of aryl methyl sites for hydroxylation is 2. The fourth-order valence-electron chi connectivity index (χ4n) is 2.81. The van der Waals surface area contributed by atoms with E-state index in [0.29, 0.717) is 36.2 Å². The van der Waals surface area contributed by atoms with Crippen LogP contribution in [0.4, 0.5) is 5.82 Å². The second-order valence-corrected chi connectivity index (χ2v) is 5.86. The van der Waals surface area contributed by atoms with Gasteiger partial charge in [-0.2, -0.15) is 5.10 Å². The Balaban J connectivity index is 1.75. The monoisotopic (exact) mass is 359 g/mol. The molecule has 1 aliphatic heterocycles. The number of anilines is 1. The minimum absolute atomic E-state index is 0.128. The number of benzene rings is 1. The molecule has 1 amide bonds. The predicted octanol–water partition coefficient (Wildman–Crippen LogP) is 1.86. The fourth-order valence-corrected chi connectivity index (χ4v) is 2.81. The average molecular weight is 359 g/mol. The van der Waals surface area contributed by atoms with E-state index in [1.165, 1.54) is 4.68 Å². The normalized spacial score (nSPS) is 12.6. The van der Waals surface area contributed by atoms with Crippen molar-refractivity contribution in [3.05, 3.63) is 35.0 Å². The maximum Gasteiger partial charge on any atom is 0.343 e. The molecule has 3 rings (SSSR count). The van der Waals surface area contributed by atoms with Crippen LogP contribution in [0.15, 0.2) is 18.2 Å². The van der Waals surface area contributed by atoms with E-state index in [1.54, 1.807) is 33.0 Å². The Hall–Kier alpha value is -3.03. The van der Waals surface area contributed by atoms with Gasteiger partial charge in [-0.1, -0.05) is 6.07 Å². The minimum Gasteiger partial charge on any atom is -0.486 e. The van der Waals surface area contributed by atoms with Crippen molar-refractivity contribution in [1.29, 1.82) is 0 Å². The number of carbonyl (C=O) groups is 2. The molecule has 1 aliphatic rings. The molecule has 8 heteroatoms. The Morgan fingerprint density at radius 3 is 2.73 bits per heavy atom. The summed E-state index contributed by atoms with van der Waals surface area (Å²) in [6.45, 7) is 4.67. The molecule has 2 heterocycles. The van der Waals surface area contributed by atoms with E-state index in [1.807, 2.05) is 6.07 Å². The van der Waals surface area contributed by atoms with Crippen LogP contribution in [-0.2, 0) is 23.0 Å². The van der Waals surface area contributed by atoms with Crippen LogP contribution in [0.1, 0.15) is 28.5 Å². The van der Waals surface area contributed by atoms with Gasteiger partial charge >= 0.3 is 5.97 Å². The molecule has 26 heavy (non-hydrogen) atoms. The van der Waals surface area contributed by atoms with Crippen molar-refractivity contribution in [2.24, 2.45) is 7.05 Å². The summed E-state index contributed by atoms with van der Waals surface area (Å²) >= 11 is 0. The van der Waals surface area contributed by atoms with E-state index in [2.05, 4.69) is 10.4 Å². The summed E-state index contributed by atoms with van der Waals surface area (Å²) in [5.74, 6) is 0.851. The lowest BCUT2D eigenvalue weighted by molar-refractivity contribution is -0.115. The molecule has 0 spiro atoms. The van der Waals surface area contributed by atoms with Crippen LogP contribution in [0.3, 0.4) is 0 Å². The van der Waals surface area contributed by atoms with Crippen molar-refractivity contribution in [1.82, 2.24) is 9.78 Å². The molecular formula is C18H21N3O5. The summed E-state index contributed by atoms with van der Waals surface area (Å²) in [7, 11) is 1.66. The Labute approximate surface area is 151 Å². The van der Waals surface area contributed by atoms with Crippen LogP contribution in [-0.4, -0.2) is 41.5 Å². The van der Waals surface area contributed by atoms with Crippen LogP contribution in [0.2, 0.25) is 0 Å². The molecule has 8 nitrogen and oxygen atoms in total. The number of hydrogen-bond acceptors (Lipinski definition) is 6. The van der Waals surface area contributed by atoms with Gasteiger partial charge in [-0.25, -0.2) is 4.79 Å². The number of amides is 1. The molecular weight excluding hydrogens is 338 g/mol. The Morgan fingerprint density at radius 1 is 1.27 bits per heavy atom. The van der Waals surface area contributed by atoms with E-state index < -0.39 is 5.97 Å². The van der Waals surface area contributed by atoms with Crippen LogP contribution in [0, 0.1) is 6.92 Å². The molecule has 1 aromatic heterocycles. The topological polar surface area (TPSA) is 91.7 Å². The molecule has 0 bridgehead atoms. The van der Waals surface area contributed by atoms with Crippen molar-refractivity contribution in [2.45, 2.75) is 20.3 Å². The highest BCUT2D eigenvalue weighted by molar-refractivity contribution is 6.01. The van der Waals surface area contributed by atoms with Crippen molar-refractivity contribution in [2.75, 3.05) is 25.1 Å². The predicted molar refractivity (Wildman–Crippen MR) is 93.7 cm³/mol. The van der Waals surface area contributed by atoms with Gasteiger partial charge in [-0.15, -0.1) is 0 Å². The number of esters is 1. The molecule has 0 saturated heterocycles. The zero-order valence-corrected chi connectivity index (χ0v) is 15.0. The molecule has 0 fully saturated rings. The van der Waals surface area contributed by atoms with Gasteiger partial charge in [0, 0.05) is 7.05 Å². The third kappa shape index (κ3) is 3.63. The highest BCUT2D eigenvalue weighted by atomic mass is 16.6. The van der Waals surface area contributed by atoms with Crippen molar-refractivity contribution < 1.29 is 23.8 Å². The van der Waals surface area contributed by atoms with Crippen LogP contribution in [0.25, 0.3) is 0 Å². The van der Waals surface area contributed by atoms with E-state index in [4.69, 9.17) is 14.2 Å². The van der Waals surface area contributed by atoms with Crippen molar-refractivity contribution in [3.8, 4) is 11.5 Å². The number of fused-ring (bicyclic) bond motifs is 1. The number of carbonyl (C=O) groups excluding carboxylic acids is 2. The van der Waals surface area contributed by atoms with Gasteiger partial charge in [0.05, 0.1) is 18.7 Å². The second kappa shape index (κ2) is 7.47. The summed E-state index contributed by atoms with van der Waals surface area (Å²) in [4.78, 5) is 24.6. The summed E-state index contributed by atoms with van der Waals surface area (Å²) in [5.41, 5.74) is 1.55. The van der Waals surface area contributed by atoms with E-state index in [-0.39, 0.29) is 24.5 Å². The van der Waals surface area contributed by atoms with Gasteiger partial charge < -0.3 is 19.5 Å². The largest absolute Gasteiger partial charge is 0.486 e. The molecule has 0 saturated carbocycles. The Bertz CT molecular complexity index is 844. The minimum atomic E-state index is -0.507. The third-order valence-corrected chi connectivity index (χ3v) is 3.93. The molecule has 0 aliphatic carbocycles. The molecule has 0 atom stereocenters. The smallest absolute Gasteiger partial charge is 0.343 e. The first-order chi connectivity index (χ1) is 12.5. The van der Waals surface area contributed by atoms with Crippen LogP contribution in [0.5, 0.6) is 11.5 Å². The van der Waals surface area contributed by atoms with Gasteiger partial charge in [-0.3, -0.25) is 9.48 Å². The molecule has 0 unspecified atom stereocenters. The third-order valence-electron chi connectivity index (χ3n) is 3.93. The SMILES string of the molecule is CCOC(=O)c1c(C)nn(C)c1NC(=O)Cc1ccc2c(c1)OCCO2. The maximum absolute atomic E-state index is 12.5. The maximum atomic E-state index is 12.5. The second-order valence-electron chi connectivity index (χ2n) is 5.86. The van der Waals surface area contributed by atoms with E-state index in [0.717, 1.165) is 5.56 Å². The van der Waals surface area contributed by atoms with Crippen molar-refractivity contribution >= 4 is 17.7 Å². The van der Waals surface area contributed by atoms with Gasteiger partial charge in [0.1, 0.15) is 24.6 Å². The number of nitrogens with one attached hydrogen (secondary N) is 1. The summed E-state index contributed by atoms with van der Waals surface area (Å²) in [5, 5.41) is 6.95. The molecule has 138 valence electrons. The number of rotatable bonds is 5. The molecule has 0 radical (unpaired) electrons. The molecule has 1 N–H and O–H groups in total. The molecule has 1 aromatic carbocycles. The van der Waals surface area contributed by atoms with Gasteiger partial charge in [-0.05, 0) is 31.5 Å². The zero-order chi connectivity index (χ0) is 18.7. The average Bonchev–Trinajstić information content (AvgIpc) is 2.88. The van der Waals surface area contributed by atoms with Gasteiger partial charge in [0.2, 0.25) is 5.91 Å². The zero-order valence-electron chi connectivity index (χ0n) is 15.0. The van der Waals surface area contributed by atoms with Gasteiger partial charge in [0.25, 0.3) is 0 Å².